The lowest BCUT2D eigenvalue weighted by atomic mass is 9.79. The van der Waals surface area contributed by atoms with Crippen LogP contribution in [0.1, 0.15) is 63.6 Å². The minimum atomic E-state index is -0.00845. The van der Waals surface area contributed by atoms with Crippen molar-refractivity contribution in [3.63, 3.8) is 0 Å². The van der Waals surface area contributed by atoms with Gasteiger partial charge in [-0.15, -0.1) is 0 Å². The molecule has 1 amide bonds. The van der Waals surface area contributed by atoms with Gasteiger partial charge in [-0.05, 0) is 106 Å². The second kappa shape index (κ2) is 10.6. The van der Waals surface area contributed by atoms with Crippen LogP contribution in [-0.2, 0) is 9.53 Å². The van der Waals surface area contributed by atoms with E-state index >= 15 is 0 Å². The van der Waals surface area contributed by atoms with E-state index in [4.69, 9.17) is 9.73 Å². The van der Waals surface area contributed by atoms with Gasteiger partial charge >= 0.3 is 0 Å². The third kappa shape index (κ3) is 5.34. The first-order chi connectivity index (χ1) is 16.7. The summed E-state index contributed by atoms with van der Waals surface area (Å²) >= 11 is 1.45. The number of fused-ring (bicyclic) bond motifs is 1. The van der Waals surface area contributed by atoms with Gasteiger partial charge in [0, 0.05) is 24.4 Å². The number of aliphatic imine (C=N–C) groups is 1. The smallest absolute Gasteiger partial charge is 0.266 e. The van der Waals surface area contributed by atoms with Crippen LogP contribution in [0.4, 0.5) is 11.4 Å². The number of rotatable bonds is 7. The molecule has 0 N–H and O–H groups in total. The predicted molar refractivity (Wildman–Crippen MR) is 149 cm³/mol. The molecule has 5 nitrogen and oxygen atoms in total. The number of carbonyl (C=O) groups is 1. The number of anilines is 1. The molecular weight excluding hydrogens is 454 g/mol. The Labute approximate surface area is 214 Å². The normalized spacial score (nSPS) is 21.8. The van der Waals surface area contributed by atoms with E-state index in [-0.39, 0.29) is 11.4 Å². The summed E-state index contributed by atoms with van der Waals surface area (Å²) in [5, 5.41) is 0.704. The van der Waals surface area contributed by atoms with Gasteiger partial charge in [-0.3, -0.25) is 9.69 Å². The monoisotopic (exact) mass is 491 g/mol. The second-order valence-electron chi connectivity index (χ2n) is 9.92. The summed E-state index contributed by atoms with van der Waals surface area (Å²) in [4.78, 5) is 23.2. The molecular formula is C29H37N3O2S. The van der Waals surface area contributed by atoms with Crippen molar-refractivity contribution >= 4 is 40.3 Å². The van der Waals surface area contributed by atoms with Gasteiger partial charge in [0.1, 0.15) is 0 Å². The third-order valence-electron chi connectivity index (χ3n) is 6.91. The maximum Gasteiger partial charge on any atom is 0.266 e. The van der Waals surface area contributed by atoms with E-state index in [0.717, 1.165) is 24.2 Å². The molecule has 1 atom stereocenters. The van der Waals surface area contributed by atoms with Crippen LogP contribution in [0.3, 0.4) is 0 Å². The van der Waals surface area contributed by atoms with Gasteiger partial charge in [0.25, 0.3) is 5.91 Å². The molecule has 2 aliphatic rings. The summed E-state index contributed by atoms with van der Waals surface area (Å²) in [7, 11) is 0. The first-order valence-corrected chi connectivity index (χ1v) is 13.4. The van der Waals surface area contributed by atoms with Crippen molar-refractivity contribution in [1.82, 2.24) is 4.90 Å². The molecule has 186 valence electrons. The van der Waals surface area contributed by atoms with Crippen molar-refractivity contribution in [3.05, 3.63) is 64.1 Å². The van der Waals surface area contributed by atoms with Crippen molar-refractivity contribution in [3.8, 4) is 0 Å². The highest BCUT2D eigenvalue weighted by Gasteiger charge is 2.36. The lowest BCUT2D eigenvalue weighted by molar-refractivity contribution is -0.122. The molecule has 1 unspecified atom stereocenters. The summed E-state index contributed by atoms with van der Waals surface area (Å²) in [6.07, 6.45) is 3.16. The van der Waals surface area contributed by atoms with Crippen molar-refractivity contribution in [1.29, 1.82) is 0 Å². The topological polar surface area (TPSA) is 45.1 Å². The molecule has 0 spiro atoms. The summed E-state index contributed by atoms with van der Waals surface area (Å²) in [5.41, 5.74) is 5.95. The zero-order chi connectivity index (χ0) is 25.2. The minimum Gasteiger partial charge on any atom is -0.380 e. The van der Waals surface area contributed by atoms with Gasteiger partial charge < -0.3 is 9.64 Å². The molecule has 6 heteroatoms. The maximum atomic E-state index is 13.4. The van der Waals surface area contributed by atoms with Crippen LogP contribution in [0.15, 0.2) is 52.4 Å². The number of thioether (sulfide) groups is 1. The molecule has 4 rings (SSSR count). The summed E-state index contributed by atoms with van der Waals surface area (Å²) in [6.45, 7) is 15.9. The van der Waals surface area contributed by atoms with E-state index in [9.17, 15) is 4.79 Å². The number of hydrogen-bond donors (Lipinski definition) is 0. The van der Waals surface area contributed by atoms with Gasteiger partial charge in [0.05, 0.1) is 23.7 Å². The van der Waals surface area contributed by atoms with Gasteiger partial charge in [0.2, 0.25) is 0 Å². The van der Waals surface area contributed by atoms with E-state index in [0.29, 0.717) is 35.7 Å². The average Bonchev–Trinajstić information content (AvgIpc) is 3.09. The van der Waals surface area contributed by atoms with Gasteiger partial charge in [-0.1, -0.05) is 25.1 Å². The van der Waals surface area contributed by atoms with Crippen molar-refractivity contribution < 1.29 is 9.53 Å². The number of hydrogen-bond acceptors (Lipinski definition) is 5. The van der Waals surface area contributed by atoms with Crippen molar-refractivity contribution in [2.45, 2.75) is 59.4 Å². The van der Waals surface area contributed by atoms with E-state index < -0.39 is 0 Å². The zero-order valence-corrected chi connectivity index (χ0v) is 22.6. The van der Waals surface area contributed by atoms with Gasteiger partial charge in [0.15, 0.2) is 5.17 Å². The fraction of sp³-hybridized carbons (Fsp3) is 0.448. The lowest BCUT2D eigenvalue weighted by Gasteiger charge is -2.47. The van der Waals surface area contributed by atoms with Crippen LogP contribution in [-0.4, -0.2) is 47.8 Å². The lowest BCUT2D eigenvalue weighted by Crippen LogP contribution is -2.48. The highest BCUT2D eigenvalue weighted by atomic mass is 32.2. The molecule has 0 saturated carbocycles. The van der Waals surface area contributed by atoms with Crippen LogP contribution >= 0.6 is 11.8 Å². The van der Waals surface area contributed by atoms with E-state index in [1.54, 1.807) is 4.90 Å². The Kier molecular flexibility index (Phi) is 7.72. The second-order valence-corrected chi connectivity index (χ2v) is 10.9. The fourth-order valence-corrected chi connectivity index (χ4v) is 6.26. The number of para-hydroxylation sites is 1. The van der Waals surface area contributed by atoms with E-state index in [1.807, 2.05) is 43.3 Å². The Morgan fingerprint density at radius 2 is 1.94 bits per heavy atom. The molecule has 2 aromatic carbocycles. The number of aryl methyl sites for hydroxylation is 1. The Morgan fingerprint density at radius 3 is 2.63 bits per heavy atom. The van der Waals surface area contributed by atoms with Gasteiger partial charge in [-0.2, -0.15) is 0 Å². The molecule has 1 saturated heterocycles. The number of amidine groups is 1. The number of ether oxygens (including phenoxy) is 1. The average molecular weight is 492 g/mol. The molecule has 0 radical (unpaired) electrons. The van der Waals surface area contributed by atoms with Crippen LogP contribution in [0.25, 0.3) is 6.08 Å². The summed E-state index contributed by atoms with van der Waals surface area (Å²) < 4.78 is 5.54. The maximum absolute atomic E-state index is 13.4. The number of amides is 1. The third-order valence-corrected chi connectivity index (χ3v) is 7.92. The number of benzene rings is 2. The van der Waals surface area contributed by atoms with Gasteiger partial charge in [-0.25, -0.2) is 4.99 Å². The molecule has 0 bridgehead atoms. The quantitative estimate of drug-likeness (QED) is 0.317. The van der Waals surface area contributed by atoms with Crippen molar-refractivity contribution in [2.24, 2.45) is 4.99 Å². The zero-order valence-electron chi connectivity index (χ0n) is 21.8. The van der Waals surface area contributed by atoms with Crippen LogP contribution in [0.2, 0.25) is 0 Å². The molecule has 2 aromatic rings. The first kappa shape index (κ1) is 25.5. The van der Waals surface area contributed by atoms with E-state index in [2.05, 4.69) is 51.7 Å². The highest BCUT2D eigenvalue weighted by molar-refractivity contribution is 8.18. The van der Waals surface area contributed by atoms with Crippen molar-refractivity contribution in [2.75, 3.05) is 31.2 Å². The standard InChI is InChI=1S/C29H37N3O2S/c1-7-32-25-16-20(3)22(17-24(25)21(4)19-29(32,5)6)18-26-27(33)31(14-15-34-8-2)28(35-26)30-23-12-10-9-11-13-23/h9-13,16-18,21H,7-8,14-15,19H2,1-6H3/b26-18+,30-28?. The molecule has 35 heavy (non-hydrogen) atoms. The van der Waals surface area contributed by atoms with Crippen LogP contribution in [0, 0.1) is 6.92 Å². The van der Waals surface area contributed by atoms with Crippen LogP contribution < -0.4 is 4.90 Å². The Hall–Kier alpha value is -2.57. The molecule has 0 aliphatic carbocycles. The number of carbonyl (C=O) groups excluding carboxylic acids is 1. The molecule has 2 aliphatic heterocycles. The van der Waals surface area contributed by atoms with Crippen LogP contribution in [0.5, 0.6) is 0 Å². The Bertz CT molecular complexity index is 1140. The Balaban J connectivity index is 1.70. The highest BCUT2D eigenvalue weighted by Crippen LogP contribution is 2.45. The van der Waals surface area contributed by atoms with E-state index in [1.165, 1.54) is 28.6 Å². The number of nitrogens with zero attached hydrogens (tertiary/aromatic N) is 3. The molecule has 0 aromatic heterocycles. The molecule has 2 heterocycles. The first-order valence-electron chi connectivity index (χ1n) is 12.6. The summed E-state index contributed by atoms with van der Waals surface area (Å²) in [5.74, 6) is 0.455. The Morgan fingerprint density at radius 1 is 1.20 bits per heavy atom. The predicted octanol–water partition coefficient (Wildman–Crippen LogP) is 6.75. The minimum absolute atomic E-state index is 0.00845. The fourth-order valence-electron chi connectivity index (χ4n) is 5.25. The largest absolute Gasteiger partial charge is 0.380 e. The summed E-state index contributed by atoms with van der Waals surface area (Å²) in [6, 6.07) is 14.4. The SMILES string of the molecule is CCOCCN1C(=O)/C(=C\c2cc3c(cc2C)N(CC)C(C)(C)CC3C)SC1=Nc1ccccc1. The molecule has 1 fully saturated rings.